The fraction of sp³-hybridized carbons (Fsp3) is 0.667. The molecule has 0 spiro atoms. The van der Waals surface area contributed by atoms with Gasteiger partial charge in [0.15, 0.2) is 0 Å². The van der Waals surface area contributed by atoms with Gasteiger partial charge in [0, 0.05) is 37.7 Å². The Morgan fingerprint density at radius 3 is 2.94 bits per heavy atom. The van der Waals surface area contributed by atoms with E-state index in [1.807, 2.05) is 13.2 Å². The fourth-order valence-electron chi connectivity index (χ4n) is 1.69. The Labute approximate surface area is 107 Å². The lowest BCUT2D eigenvalue weighted by Crippen LogP contribution is -2.22. The number of hydrogen-bond donors (Lipinski definition) is 1. The Kier molecular flexibility index (Phi) is 6.05. The topological polar surface area (TPSA) is 46.9 Å². The number of hydrogen-bond acceptors (Lipinski definition) is 2. The number of nitrogens with one attached hydrogen (secondary N) is 1. The molecule has 0 aliphatic carbocycles. The maximum atomic E-state index is 11.5. The predicted molar refractivity (Wildman–Crippen MR) is 69.0 cm³/mol. The van der Waals surface area contributed by atoms with Crippen LogP contribution in [0.3, 0.4) is 0 Å². The van der Waals surface area contributed by atoms with Crippen LogP contribution in [0.25, 0.3) is 0 Å². The Hall–Kier alpha value is -1.03. The quantitative estimate of drug-likeness (QED) is 0.600. The van der Waals surface area contributed by atoms with Gasteiger partial charge in [-0.05, 0) is 19.3 Å². The molecule has 0 bridgehead atoms. The van der Waals surface area contributed by atoms with E-state index in [4.69, 9.17) is 11.6 Å². The van der Waals surface area contributed by atoms with Crippen LogP contribution >= 0.6 is 11.6 Å². The van der Waals surface area contributed by atoms with Gasteiger partial charge in [-0.15, -0.1) is 11.6 Å². The summed E-state index contributed by atoms with van der Waals surface area (Å²) >= 11 is 5.56. The average molecular weight is 258 g/mol. The molecular weight excluding hydrogens is 238 g/mol. The van der Waals surface area contributed by atoms with Gasteiger partial charge in [-0.1, -0.05) is 6.92 Å². The van der Waals surface area contributed by atoms with Crippen molar-refractivity contribution < 1.29 is 4.79 Å². The number of rotatable bonds is 7. The largest absolute Gasteiger partial charge is 0.352 e. The van der Waals surface area contributed by atoms with E-state index in [2.05, 4.69) is 17.3 Å². The second-order valence-electron chi connectivity index (χ2n) is 4.05. The highest BCUT2D eigenvalue weighted by Gasteiger charge is 2.07. The molecule has 0 saturated heterocycles. The molecule has 4 nitrogen and oxygen atoms in total. The molecule has 0 fully saturated rings. The van der Waals surface area contributed by atoms with Crippen LogP contribution in [0, 0.1) is 0 Å². The van der Waals surface area contributed by atoms with Crippen LogP contribution in [0.15, 0.2) is 6.20 Å². The lowest BCUT2D eigenvalue weighted by molar-refractivity contribution is -0.121. The lowest BCUT2D eigenvalue weighted by atomic mass is 10.2. The Balaban J connectivity index is 2.36. The summed E-state index contributed by atoms with van der Waals surface area (Å²) in [4.78, 5) is 11.5. The predicted octanol–water partition coefficient (Wildman–Crippen LogP) is 2.01. The molecule has 1 aromatic heterocycles. The molecule has 0 atom stereocenters. The molecule has 0 saturated carbocycles. The van der Waals surface area contributed by atoms with Crippen molar-refractivity contribution in [1.82, 2.24) is 15.1 Å². The summed E-state index contributed by atoms with van der Waals surface area (Å²) in [7, 11) is 1.89. The molecule has 5 heteroatoms. The van der Waals surface area contributed by atoms with Gasteiger partial charge < -0.3 is 5.32 Å². The van der Waals surface area contributed by atoms with Gasteiger partial charge in [-0.25, -0.2) is 0 Å². The first-order valence-electron chi connectivity index (χ1n) is 6.01. The van der Waals surface area contributed by atoms with E-state index in [1.165, 1.54) is 0 Å². The van der Waals surface area contributed by atoms with Gasteiger partial charge in [-0.2, -0.15) is 5.10 Å². The zero-order valence-corrected chi connectivity index (χ0v) is 11.3. The number of unbranched alkanes of at least 4 members (excludes halogenated alkanes) is 1. The normalized spacial score (nSPS) is 10.5. The van der Waals surface area contributed by atoms with Crippen LogP contribution in [-0.2, 0) is 24.8 Å². The van der Waals surface area contributed by atoms with Crippen molar-refractivity contribution >= 4 is 17.5 Å². The summed E-state index contributed by atoms with van der Waals surface area (Å²) in [6.45, 7) is 2.63. The fourth-order valence-corrected chi connectivity index (χ4v) is 1.88. The monoisotopic (exact) mass is 257 g/mol. The molecule has 1 amide bonds. The van der Waals surface area contributed by atoms with Crippen LogP contribution in [0.5, 0.6) is 0 Å². The third-order valence-electron chi connectivity index (χ3n) is 2.59. The molecule has 1 N–H and O–H groups in total. The van der Waals surface area contributed by atoms with Crippen LogP contribution in [0.1, 0.15) is 37.4 Å². The van der Waals surface area contributed by atoms with E-state index in [0.717, 1.165) is 30.5 Å². The lowest BCUT2D eigenvalue weighted by Gasteiger charge is -2.04. The van der Waals surface area contributed by atoms with Gasteiger partial charge in [-0.3, -0.25) is 9.48 Å². The molecule has 0 aromatic carbocycles. The summed E-state index contributed by atoms with van der Waals surface area (Å²) in [5, 5.41) is 7.24. The van der Waals surface area contributed by atoms with E-state index in [1.54, 1.807) is 4.68 Å². The summed E-state index contributed by atoms with van der Waals surface area (Å²) in [5.41, 5.74) is 2.15. The molecule has 0 aliphatic heterocycles. The number of aryl methyl sites for hydroxylation is 2. The Bertz CT molecular complexity index is 363. The number of nitrogens with zero attached hydrogens (tertiary/aromatic N) is 2. The summed E-state index contributed by atoms with van der Waals surface area (Å²) in [5.74, 6) is 0.705. The number of carbonyl (C=O) groups is 1. The minimum Gasteiger partial charge on any atom is -0.352 e. The molecule has 96 valence electrons. The number of aromatic nitrogens is 2. The number of amides is 1. The standard InChI is InChI=1S/C12H20ClN3O/c1-3-11-10(9-16(2)15-11)8-14-12(17)6-4-5-7-13/h9H,3-8H2,1-2H3,(H,14,17). The smallest absolute Gasteiger partial charge is 0.220 e. The third-order valence-corrected chi connectivity index (χ3v) is 2.86. The van der Waals surface area contributed by atoms with Crippen molar-refractivity contribution in [2.24, 2.45) is 7.05 Å². The first-order chi connectivity index (χ1) is 8.17. The van der Waals surface area contributed by atoms with E-state index in [-0.39, 0.29) is 5.91 Å². The first kappa shape index (κ1) is 14.0. The second kappa shape index (κ2) is 7.33. The van der Waals surface area contributed by atoms with Crippen molar-refractivity contribution in [3.8, 4) is 0 Å². The number of carbonyl (C=O) groups excluding carboxylic acids is 1. The highest BCUT2D eigenvalue weighted by Crippen LogP contribution is 2.07. The highest BCUT2D eigenvalue weighted by molar-refractivity contribution is 6.17. The van der Waals surface area contributed by atoms with E-state index >= 15 is 0 Å². The third kappa shape index (κ3) is 4.77. The molecule has 17 heavy (non-hydrogen) atoms. The van der Waals surface area contributed by atoms with Crippen molar-refractivity contribution in [3.05, 3.63) is 17.5 Å². The average Bonchev–Trinajstić information content (AvgIpc) is 2.67. The summed E-state index contributed by atoms with van der Waals surface area (Å²) in [6, 6.07) is 0. The number of halogens is 1. The van der Waals surface area contributed by atoms with Crippen LogP contribution < -0.4 is 5.32 Å². The highest BCUT2D eigenvalue weighted by atomic mass is 35.5. The maximum absolute atomic E-state index is 11.5. The molecule has 0 radical (unpaired) electrons. The van der Waals surface area contributed by atoms with Crippen molar-refractivity contribution in [2.75, 3.05) is 5.88 Å². The van der Waals surface area contributed by atoms with Crippen molar-refractivity contribution in [2.45, 2.75) is 39.2 Å². The van der Waals surface area contributed by atoms with Crippen LogP contribution in [-0.4, -0.2) is 21.6 Å². The van der Waals surface area contributed by atoms with Crippen LogP contribution in [0.4, 0.5) is 0 Å². The van der Waals surface area contributed by atoms with Gasteiger partial charge in [0.25, 0.3) is 0 Å². The molecule has 1 aromatic rings. The zero-order chi connectivity index (χ0) is 12.7. The molecule has 1 heterocycles. The number of alkyl halides is 1. The minimum atomic E-state index is 0.0843. The maximum Gasteiger partial charge on any atom is 0.220 e. The van der Waals surface area contributed by atoms with Crippen molar-refractivity contribution in [1.29, 1.82) is 0 Å². The van der Waals surface area contributed by atoms with Crippen molar-refractivity contribution in [3.63, 3.8) is 0 Å². The molecular formula is C12H20ClN3O. The molecule has 0 aliphatic rings. The van der Waals surface area contributed by atoms with E-state index in [9.17, 15) is 4.79 Å². The zero-order valence-electron chi connectivity index (χ0n) is 10.5. The minimum absolute atomic E-state index is 0.0843. The second-order valence-corrected chi connectivity index (χ2v) is 4.43. The Morgan fingerprint density at radius 1 is 1.53 bits per heavy atom. The summed E-state index contributed by atoms with van der Waals surface area (Å²) in [6.07, 6.45) is 5.13. The van der Waals surface area contributed by atoms with Gasteiger partial charge >= 0.3 is 0 Å². The SMILES string of the molecule is CCc1nn(C)cc1CNC(=O)CCCCCl. The van der Waals surface area contributed by atoms with E-state index in [0.29, 0.717) is 18.8 Å². The van der Waals surface area contributed by atoms with Gasteiger partial charge in [0.05, 0.1) is 5.69 Å². The van der Waals surface area contributed by atoms with Gasteiger partial charge in [0.1, 0.15) is 0 Å². The van der Waals surface area contributed by atoms with Gasteiger partial charge in [0.2, 0.25) is 5.91 Å². The molecule has 0 unspecified atom stereocenters. The summed E-state index contributed by atoms with van der Waals surface area (Å²) < 4.78 is 1.79. The van der Waals surface area contributed by atoms with Crippen LogP contribution in [0.2, 0.25) is 0 Å². The molecule has 1 rings (SSSR count). The van der Waals surface area contributed by atoms with E-state index < -0.39 is 0 Å². The Morgan fingerprint density at radius 2 is 2.29 bits per heavy atom. The first-order valence-corrected chi connectivity index (χ1v) is 6.54.